The zero-order chi connectivity index (χ0) is 12.5. The highest BCUT2D eigenvalue weighted by molar-refractivity contribution is 4.89. The average molecular weight is 244 g/mol. The van der Waals surface area contributed by atoms with Gasteiger partial charge in [0, 0.05) is 32.3 Å². The third-order valence-corrected chi connectivity index (χ3v) is 3.60. The minimum absolute atomic E-state index is 0.654. The Balaban J connectivity index is 2.29. The predicted octanol–water partition coefficient (Wildman–Crippen LogP) is 1.10. The van der Waals surface area contributed by atoms with Gasteiger partial charge < -0.3 is 15.2 Å². The average Bonchev–Trinajstić information content (AvgIpc) is 2.28. The molecule has 0 aromatic rings. The summed E-state index contributed by atoms with van der Waals surface area (Å²) in [4.78, 5) is 2.49. The fourth-order valence-corrected chi connectivity index (χ4v) is 2.40. The van der Waals surface area contributed by atoms with Crippen LogP contribution in [0.3, 0.4) is 0 Å². The number of rotatable bonds is 10. The minimum Gasteiger partial charge on any atom is -0.380 e. The summed E-state index contributed by atoms with van der Waals surface area (Å²) in [5.74, 6) is 0.679. The zero-order valence-electron chi connectivity index (χ0n) is 11.4. The Morgan fingerprint density at radius 3 is 2.00 bits per heavy atom. The molecule has 0 aliphatic heterocycles. The van der Waals surface area contributed by atoms with E-state index in [2.05, 4.69) is 4.90 Å². The molecular weight excluding hydrogens is 216 g/mol. The second-order valence-corrected chi connectivity index (χ2v) is 4.57. The largest absolute Gasteiger partial charge is 0.380 e. The monoisotopic (exact) mass is 244 g/mol. The van der Waals surface area contributed by atoms with Crippen molar-refractivity contribution < 1.29 is 9.47 Å². The lowest BCUT2D eigenvalue weighted by Gasteiger charge is -2.44. The van der Waals surface area contributed by atoms with Crippen LogP contribution in [0.1, 0.15) is 26.7 Å². The first-order valence-electron chi connectivity index (χ1n) is 6.93. The van der Waals surface area contributed by atoms with Crippen molar-refractivity contribution in [2.24, 2.45) is 11.7 Å². The maximum absolute atomic E-state index is 5.78. The van der Waals surface area contributed by atoms with E-state index in [9.17, 15) is 0 Å². The molecule has 1 fully saturated rings. The quantitative estimate of drug-likeness (QED) is 0.585. The maximum atomic E-state index is 5.78. The molecule has 1 aliphatic rings. The normalized spacial score (nSPS) is 24.0. The predicted molar refractivity (Wildman–Crippen MR) is 70.1 cm³/mol. The summed E-state index contributed by atoms with van der Waals surface area (Å²) >= 11 is 0. The lowest BCUT2D eigenvalue weighted by Crippen LogP contribution is -2.51. The summed E-state index contributed by atoms with van der Waals surface area (Å²) in [6.07, 6.45) is 2.56. The summed E-state index contributed by atoms with van der Waals surface area (Å²) in [5.41, 5.74) is 5.78. The van der Waals surface area contributed by atoms with Crippen molar-refractivity contribution in [3.63, 3.8) is 0 Å². The molecule has 4 heteroatoms. The van der Waals surface area contributed by atoms with E-state index in [4.69, 9.17) is 15.2 Å². The Labute approximate surface area is 105 Å². The molecule has 1 saturated carbocycles. The molecule has 1 aliphatic carbocycles. The van der Waals surface area contributed by atoms with Crippen molar-refractivity contribution in [1.29, 1.82) is 0 Å². The molecule has 102 valence electrons. The van der Waals surface area contributed by atoms with Gasteiger partial charge in [0.1, 0.15) is 0 Å². The van der Waals surface area contributed by atoms with E-state index < -0.39 is 0 Å². The van der Waals surface area contributed by atoms with Crippen molar-refractivity contribution >= 4 is 0 Å². The van der Waals surface area contributed by atoms with E-state index in [-0.39, 0.29) is 0 Å². The fourth-order valence-electron chi connectivity index (χ4n) is 2.40. The van der Waals surface area contributed by atoms with Crippen LogP contribution in [-0.4, -0.2) is 57.0 Å². The van der Waals surface area contributed by atoms with Gasteiger partial charge in [-0.3, -0.25) is 4.90 Å². The highest BCUT2D eigenvalue weighted by Crippen LogP contribution is 2.30. The van der Waals surface area contributed by atoms with Gasteiger partial charge in [0.05, 0.1) is 13.2 Å². The van der Waals surface area contributed by atoms with Gasteiger partial charge in [-0.2, -0.15) is 0 Å². The molecule has 1 rings (SSSR count). The standard InChI is InChI=1S/C13H28N2O2/c1-3-16-9-7-15(8-10-17-4-2)13-6-5-12(13)11-14/h12-13H,3-11,14H2,1-2H3. The Bertz CT molecular complexity index is 178. The molecule has 4 nitrogen and oxygen atoms in total. The van der Waals surface area contributed by atoms with Crippen LogP contribution in [0, 0.1) is 5.92 Å². The molecule has 0 radical (unpaired) electrons. The lowest BCUT2D eigenvalue weighted by molar-refractivity contribution is 0.0142. The molecule has 0 aromatic heterocycles. The van der Waals surface area contributed by atoms with E-state index in [1.807, 2.05) is 13.8 Å². The molecular formula is C13H28N2O2. The molecule has 2 N–H and O–H groups in total. The van der Waals surface area contributed by atoms with Gasteiger partial charge in [0.25, 0.3) is 0 Å². The summed E-state index contributed by atoms with van der Waals surface area (Å²) in [7, 11) is 0. The van der Waals surface area contributed by atoms with Crippen LogP contribution >= 0.6 is 0 Å². The number of nitrogens with zero attached hydrogens (tertiary/aromatic N) is 1. The first-order valence-corrected chi connectivity index (χ1v) is 6.93. The molecule has 17 heavy (non-hydrogen) atoms. The summed E-state index contributed by atoms with van der Waals surface area (Å²) in [6, 6.07) is 0.654. The van der Waals surface area contributed by atoms with Crippen LogP contribution in [0.25, 0.3) is 0 Å². The first-order chi connectivity index (χ1) is 8.33. The second kappa shape index (κ2) is 8.86. The van der Waals surface area contributed by atoms with Gasteiger partial charge in [0.15, 0.2) is 0 Å². The summed E-state index contributed by atoms with van der Waals surface area (Å²) in [6.45, 7) is 10.1. The third kappa shape index (κ3) is 4.92. The number of nitrogens with two attached hydrogens (primary N) is 1. The fraction of sp³-hybridized carbons (Fsp3) is 1.00. The third-order valence-electron chi connectivity index (χ3n) is 3.60. The van der Waals surface area contributed by atoms with E-state index >= 15 is 0 Å². The number of ether oxygens (including phenoxy) is 2. The van der Waals surface area contributed by atoms with Crippen molar-refractivity contribution in [3.05, 3.63) is 0 Å². The van der Waals surface area contributed by atoms with Crippen molar-refractivity contribution in [1.82, 2.24) is 4.90 Å². The number of hydrogen-bond donors (Lipinski definition) is 1. The minimum atomic E-state index is 0.654. The van der Waals surface area contributed by atoms with E-state index in [1.54, 1.807) is 0 Å². The van der Waals surface area contributed by atoms with Gasteiger partial charge in [0.2, 0.25) is 0 Å². The molecule has 2 atom stereocenters. The topological polar surface area (TPSA) is 47.7 Å². The van der Waals surface area contributed by atoms with Crippen LogP contribution in [0.2, 0.25) is 0 Å². The Morgan fingerprint density at radius 1 is 1.06 bits per heavy atom. The van der Waals surface area contributed by atoms with Crippen LogP contribution in [-0.2, 0) is 9.47 Å². The molecule has 0 saturated heterocycles. The van der Waals surface area contributed by atoms with Gasteiger partial charge >= 0.3 is 0 Å². The van der Waals surface area contributed by atoms with Gasteiger partial charge in [-0.05, 0) is 39.2 Å². The van der Waals surface area contributed by atoms with E-state index in [1.165, 1.54) is 12.8 Å². The van der Waals surface area contributed by atoms with Crippen LogP contribution in [0.4, 0.5) is 0 Å². The van der Waals surface area contributed by atoms with Crippen molar-refractivity contribution in [2.75, 3.05) is 46.1 Å². The van der Waals surface area contributed by atoms with Gasteiger partial charge in [-0.1, -0.05) is 0 Å². The Morgan fingerprint density at radius 2 is 1.65 bits per heavy atom. The molecule has 0 spiro atoms. The number of hydrogen-bond acceptors (Lipinski definition) is 4. The second-order valence-electron chi connectivity index (χ2n) is 4.57. The summed E-state index contributed by atoms with van der Waals surface area (Å²) in [5, 5.41) is 0. The molecule has 0 heterocycles. The highest BCUT2D eigenvalue weighted by atomic mass is 16.5. The van der Waals surface area contributed by atoms with E-state index in [0.29, 0.717) is 12.0 Å². The maximum Gasteiger partial charge on any atom is 0.0593 e. The molecule has 0 amide bonds. The van der Waals surface area contributed by atoms with Crippen LogP contribution in [0.5, 0.6) is 0 Å². The highest BCUT2D eigenvalue weighted by Gasteiger charge is 2.33. The smallest absolute Gasteiger partial charge is 0.0593 e. The van der Waals surface area contributed by atoms with Crippen molar-refractivity contribution in [2.45, 2.75) is 32.7 Å². The van der Waals surface area contributed by atoms with Gasteiger partial charge in [-0.15, -0.1) is 0 Å². The van der Waals surface area contributed by atoms with Crippen LogP contribution < -0.4 is 5.73 Å². The molecule has 0 aromatic carbocycles. The zero-order valence-corrected chi connectivity index (χ0v) is 11.4. The Hall–Kier alpha value is -0.160. The van der Waals surface area contributed by atoms with Crippen molar-refractivity contribution in [3.8, 4) is 0 Å². The Kier molecular flexibility index (Phi) is 7.77. The summed E-state index contributed by atoms with van der Waals surface area (Å²) < 4.78 is 10.9. The lowest BCUT2D eigenvalue weighted by atomic mass is 9.78. The molecule has 0 bridgehead atoms. The molecule has 2 unspecified atom stereocenters. The van der Waals surface area contributed by atoms with Crippen LogP contribution in [0.15, 0.2) is 0 Å². The first kappa shape index (κ1) is 14.9. The SMILES string of the molecule is CCOCCN(CCOCC)C1CCC1CN. The van der Waals surface area contributed by atoms with E-state index in [0.717, 1.165) is 46.1 Å². The van der Waals surface area contributed by atoms with Gasteiger partial charge in [-0.25, -0.2) is 0 Å².